The summed E-state index contributed by atoms with van der Waals surface area (Å²) >= 11 is 0. The number of nitrogens with one attached hydrogen (secondary N) is 1. The molecule has 1 heterocycles. The van der Waals surface area contributed by atoms with Gasteiger partial charge in [-0.15, -0.1) is 0 Å². The molecule has 0 aliphatic rings. The number of nitriles is 1. The third-order valence-corrected chi connectivity index (χ3v) is 4.68. The Kier molecular flexibility index (Phi) is 6.17. The van der Waals surface area contributed by atoms with Gasteiger partial charge in [0.1, 0.15) is 18.2 Å². The van der Waals surface area contributed by atoms with Crippen molar-refractivity contribution in [3.63, 3.8) is 0 Å². The number of anilines is 1. The number of benzene rings is 1. The van der Waals surface area contributed by atoms with Crippen molar-refractivity contribution in [3.8, 4) is 6.07 Å². The molecule has 0 atom stereocenters. The summed E-state index contributed by atoms with van der Waals surface area (Å²) in [5.74, 6) is 0.144. The van der Waals surface area contributed by atoms with Crippen LogP contribution in [0.25, 0.3) is 0 Å². The first kappa shape index (κ1) is 20.4. The van der Waals surface area contributed by atoms with Crippen LogP contribution in [0.3, 0.4) is 0 Å². The summed E-state index contributed by atoms with van der Waals surface area (Å²) in [4.78, 5) is 25.1. The molecule has 1 N–H and O–H groups in total. The van der Waals surface area contributed by atoms with E-state index < -0.39 is 5.56 Å². The normalized spacial score (nSPS) is 10.9. The van der Waals surface area contributed by atoms with Crippen LogP contribution in [0, 0.1) is 25.2 Å². The van der Waals surface area contributed by atoms with E-state index in [0.717, 1.165) is 21.5 Å². The monoisotopic (exact) mass is 366 g/mol. The maximum absolute atomic E-state index is 12.7. The quantitative estimate of drug-likeness (QED) is 0.875. The minimum atomic E-state index is -0.544. The zero-order valence-electron chi connectivity index (χ0n) is 16.8. The van der Waals surface area contributed by atoms with Crippen LogP contribution >= 0.6 is 0 Å². The number of hydrogen-bond donors (Lipinski definition) is 1. The minimum Gasteiger partial charge on any atom is -0.324 e. The molecule has 6 heteroatoms. The topological polar surface area (TPSA) is 87.8 Å². The maximum atomic E-state index is 12.7. The Bertz CT molecular complexity index is 939. The number of aromatic nitrogens is 2. The van der Waals surface area contributed by atoms with Gasteiger partial charge in [-0.25, -0.2) is 4.68 Å². The molecule has 1 aromatic heterocycles. The lowest BCUT2D eigenvalue weighted by Gasteiger charge is -2.20. The average Bonchev–Trinajstić information content (AvgIpc) is 2.59. The molecule has 27 heavy (non-hydrogen) atoms. The van der Waals surface area contributed by atoms with E-state index in [4.69, 9.17) is 0 Å². The number of aryl methyl sites for hydroxylation is 1. The number of rotatable bonds is 5. The van der Waals surface area contributed by atoms with Gasteiger partial charge in [0.15, 0.2) is 0 Å². The Hall–Kier alpha value is -2.94. The summed E-state index contributed by atoms with van der Waals surface area (Å²) in [6.07, 6.45) is 0. The number of carbonyl (C=O) groups excluding carboxylic acids is 1. The summed E-state index contributed by atoms with van der Waals surface area (Å²) in [5, 5.41) is 16.4. The Labute approximate surface area is 159 Å². The van der Waals surface area contributed by atoms with Crippen LogP contribution < -0.4 is 10.9 Å². The lowest BCUT2D eigenvalue weighted by atomic mass is 9.92. The SMILES string of the molecule is Cc1nn(CC(=O)Nc2c(C(C)C)cccc2C(C)C)c(=O)c(C#N)c1C. The van der Waals surface area contributed by atoms with E-state index in [0.29, 0.717) is 11.3 Å². The van der Waals surface area contributed by atoms with Crippen LogP contribution in [-0.2, 0) is 11.3 Å². The van der Waals surface area contributed by atoms with Crippen molar-refractivity contribution >= 4 is 11.6 Å². The van der Waals surface area contributed by atoms with E-state index in [9.17, 15) is 14.9 Å². The first-order valence-electron chi connectivity index (χ1n) is 9.08. The average molecular weight is 366 g/mol. The Morgan fingerprint density at radius 3 is 2.22 bits per heavy atom. The molecule has 2 rings (SSSR count). The van der Waals surface area contributed by atoms with Gasteiger partial charge in [-0.1, -0.05) is 45.9 Å². The van der Waals surface area contributed by atoms with Gasteiger partial charge in [0.25, 0.3) is 5.56 Å². The van der Waals surface area contributed by atoms with Gasteiger partial charge in [-0.05, 0) is 42.4 Å². The van der Waals surface area contributed by atoms with Crippen molar-refractivity contribution in [2.75, 3.05) is 5.32 Å². The highest BCUT2D eigenvalue weighted by Crippen LogP contribution is 2.32. The van der Waals surface area contributed by atoms with Gasteiger partial charge in [-0.2, -0.15) is 10.4 Å². The summed E-state index contributed by atoms with van der Waals surface area (Å²) in [5.41, 5.74) is 3.48. The number of para-hydroxylation sites is 1. The first-order chi connectivity index (χ1) is 12.7. The minimum absolute atomic E-state index is 0.0285. The van der Waals surface area contributed by atoms with Crippen LogP contribution in [0.4, 0.5) is 5.69 Å². The fourth-order valence-electron chi connectivity index (χ4n) is 3.02. The van der Waals surface area contributed by atoms with Crippen molar-refractivity contribution in [1.82, 2.24) is 9.78 Å². The largest absolute Gasteiger partial charge is 0.324 e. The molecule has 0 aliphatic carbocycles. The van der Waals surface area contributed by atoms with Gasteiger partial charge in [0, 0.05) is 5.69 Å². The molecule has 0 fully saturated rings. The van der Waals surface area contributed by atoms with Crippen molar-refractivity contribution < 1.29 is 4.79 Å². The smallest absolute Gasteiger partial charge is 0.285 e. The molecular weight excluding hydrogens is 340 g/mol. The fourth-order valence-corrected chi connectivity index (χ4v) is 3.02. The van der Waals surface area contributed by atoms with Crippen molar-refractivity contribution in [3.05, 3.63) is 56.5 Å². The predicted molar refractivity (Wildman–Crippen MR) is 106 cm³/mol. The Morgan fingerprint density at radius 2 is 1.74 bits per heavy atom. The maximum Gasteiger partial charge on any atom is 0.285 e. The van der Waals surface area contributed by atoms with Gasteiger partial charge in [0.05, 0.1) is 5.69 Å². The van der Waals surface area contributed by atoms with Crippen molar-refractivity contribution in [2.45, 2.75) is 59.9 Å². The van der Waals surface area contributed by atoms with Gasteiger partial charge < -0.3 is 5.32 Å². The van der Waals surface area contributed by atoms with E-state index in [1.54, 1.807) is 13.8 Å². The highest BCUT2D eigenvalue weighted by atomic mass is 16.2. The summed E-state index contributed by atoms with van der Waals surface area (Å²) in [6, 6.07) is 7.91. The van der Waals surface area contributed by atoms with Gasteiger partial charge in [0.2, 0.25) is 5.91 Å². The Morgan fingerprint density at radius 1 is 1.19 bits per heavy atom. The van der Waals surface area contributed by atoms with E-state index in [1.165, 1.54) is 0 Å². The Balaban J connectivity index is 2.40. The molecule has 1 aromatic carbocycles. The molecule has 0 saturated heterocycles. The van der Waals surface area contributed by atoms with E-state index >= 15 is 0 Å². The molecule has 142 valence electrons. The standard InChI is InChI=1S/C21H26N4O2/c1-12(2)16-8-7-9-17(13(3)4)20(16)23-19(26)11-25-21(27)18(10-22)14(5)15(6)24-25/h7-9,12-13H,11H2,1-6H3,(H,23,26). The highest BCUT2D eigenvalue weighted by Gasteiger charge is 2.18. The second kappa shape index (κ2) is 8.17. The second-order valence-corrected chi connectivity index (χ2v) is 7.33. The van der Waals surface area contributed by atoms with Crippen LogP contribution in [0.2, 0.25) is 0 Å². The molecular formula is C21H26N4O2. The first-order valence-corrected chi connectivity index (χ1v) is 9.08. The van der Waals surface area contributed by atoms with Crippen LogP contribution in [-0.4, -0.2) is 15.7 Å². The molecule has 2 aromatic rings. The molecule has 0 saturated carbocycles. The highest BCUT2D eigenvalue weighted by molar-refractivity contribution is 5.92. The summed E-state index contributed by atoms with van der Waals surface area (Å²) in [6.45, 7) is 11.5. The van der Waals surface area contributed by atoms with Crippen molar-refractivity contribution in [2.24, 2.45) is 0 Å². The lowest BCUT2D eigenvalue weighted by Crippen LogP contribution is -2.32. The zero-order valence-corrected chi connectivity index (χ0v) is 16.8. The molecule has 0 spiro atoms. The van der Waals surface area contributed by atoms with Crippen LogP contribution in [0.1, 0.15) is 67.5 Å². The third-order valence-electron chi connectivity index (χ3n) is 4.68. The predicted octanol–water partition coefficient (Wildman–Crippen LogP) is 3.62. The van der Waals surface area contributed by atoms with Gasteiger partial charge in [-0.3, -0.25) is 9.59 Å². The number of amides is 1. The molecule has 6 nitrogen and oxygen atoms in total. The number of hydrogen-bond acceptors (Lipinski definition) is 4. The molecule has 0 unspecified atom stereocenters. The molecule has 1 amide bonds. The van der Waals surface area contributed by atoms with Crippen LogP contribution in [0.15, 0.2) is 23.0 Å². The molecule has 0 bridgehead atoms. The zero-order chi connectivity index (χ0) is 20.3. The third kappa shape index (κ3) is 4.25. The second-order valence-electron chi connectivity index (χ2n) is 7.33. The van der Waals surface area contributed by atoms with Gasteiger partial charge >= 0.3 is 0 Å². The molecule has 0 radical (unpaired) electrons. The van der Waals surface area contributed by atoms with Crippen LogP contribution in [0.5, 0.6) is 0 Å². The molecule has 0 aliphatic heterocycles. The number of carbonyl (C=O) groups is 1. The number of nitrogens with zero attached hydrogens (tertiary/aromatic N) is 3. The fraction of sp³-hybridized carbons (Fsp3) is 0.429. The van der Waals surface area contributed by atoms with E-state index in [2.05, 4.69) is 38.1 Å². The van der Waals surface area contributed by atoms with Crippen molar-refractivity contribution in [1.29, 1.82) is 5.26 Å². The van der Waals surface area contributed by atoms with E-state index in [-0.39, 0.29) is 29.9 Å². The summed E-state index contributed by atoms with van der Waals surface area (Å²) in [7, 11) is 0. The van der Waals surface area contributed by atoms with E-state index in [1.807, 2.05) is 24.3 Å². The lowest BCUT2D eigenvalue weighted by molar-refractivity contribution is -0.117. The summed E-state index contributed by atoms with van der Waals surface area (Å²) < 4.78 is 1.06.